The second kappa shape index (κ2) is 5.61. The summed E-state index contributed by atoms with van der Waals surface area (Å²) in [5.74, 6) is 1.70. The van der Waals surface area contributed by atoms with Crippen LogP contribution in [0, 0.1) is 13.8 Å². The first-order chi connectivity index (χ1) is 9.10. The maximum Gasteiger partial charge on any atom is 0.130 e. The lowest BCUT2D eigenvalue weighted by Gasteiger charge is -2.11. The molecular weight excluding hydrogens is 238 g/mol. The largest absolute Gasteiger partial charge is 0.494 e. The summed E-state index contributed by atoms with van der Waals surface area (Å²) < 4.78 is 5.52. The minimum atomic E-state index is 0.673. The Labute approximate surface area is 113 Å². The van der Waals surface area contributed by atoms with Crippen molar-refractivity contribution >= 4 is 17.2 Å². The van der Waals surface area contributed by atoms with E-state index >= 15 is 0 Å². The predicted molar refractivity (Wildman–Crippen MR) is 79.0 cm³/mol. The van der Waals surface area contributed by atoms with Gasteiger partial charge in [-0.2, -0.15) is 0 Å². The number of nitrogens with two attached hydrogens (primary N) is 1. The third kappa shape index (κ3) is 3.16. The molecule has 19 heavy (non-hydrogen) atoms. The Kier molecular flexibility index (Phi) is 3.90. The minimum Gasteiger partial charge on any atom is -0.494 e. The summed E-state index contributed by atoms with van der Waals surface area (Å²) in [6.07, 6.45) is 0. The third-order valence-electron chi connectivity index (χ3n) is 2.87. The number of rotatable bonds is 4. The summed E-state index contributed by atoms with van der Waals surface area (Å²) in [5.41, 5.74) is 9.36. The van der Waals surface area contributed by atoms with E-state index in [4.69, 9.17) is 10.5 Å². The van der Waals surface area contributed by atoms with E-state index < -0.39 is 0 Å². The quantitative estimate of drug-likeness (QED) is 0.881. The van der Waals surface area contributed by atoms with Crippen molar-refractivity contribution < 1.29 is 4.74 Å². The molecule has 3 N–H and O–H groups in total. The van der Waals surface area contributed by atoms with Gasteiger partial charge in [-0.1, -0.05) is 0 Å². The van der Waals surface area contributed by atoms with Crippen LogP contribution in [0.2, 0.25) is 0 Å². The highest BCUT2D eigenvalue weighted by Gasteiger charge is 2.03. The summed E-state index contributed by atoms with van der Waals surface area (Å²) in [4.78, 5) is 4.39. The molecule has 1 aromatic carbocycles. The second-order valence-electron chi connectivity index (χ2n) is 4.41. The van der Waals surface area contributed by atoms with Gasteiger partial charge in [-0.25, -0.2) is 4.98 Å². The van der Waals surface area contributed by atoms with Crippen LogP contribution >= 0.6 is 0 Å². The summed E-state index contributed by atoms with van der Waals surface area (Å²) in [6.45, 7) is 6.57. The van der Waals surface area contributed by atoms with Crippen LogP contribution in [0.15, 0.2) is 30.3 Å². The van der Waals surface area contributed by atoms with E-state index in [1.165, 1.54) is 0 Å². The first-order valence-corrected chi connectivity index (χ1v) is 6.33. The SMILES string of the molecule is CCOc1ccc(Nc2ccc(N)c(C)n2)cc1C. The van der Waals surface area contributed by atoms with E-state index in [1.54, 1.807) is 0 Å². The Morgan fingerprint density at radius 1 is 1.21 bits per heavy atom. The molecule has 1 heterocycles. The summed E-state index contributed by atoms with van der Waals surface area (Å²) in [7, 11) is 0. The number of hydrogen-bond acceptors (Lipinski definition) is 4. The van der Waals surface area contributed by atoms with Crippen molar-refractivity contribution in [3.63, 3.8) is 0 Å². The lowest BCUT2D eigenvalue weighted by molar-refractivity contribution is 0.338. The van der Waals surface area contributed by atoms with Crippen LogP contribution in [0.5, 0.6) is 5.75 Å². The van der Waals surface area contributed by atoms with Crippen molar-refractivity contribution in [1.29, 1.82) is 0 Å². The Balaban J connectivity index is 2.19. The fourth-order valence-corrected chi connectivity index (χ4v) is 1.83. The number of pyridine rings is 1. The summed E-state index contributed by atoms with van der Waals surface area (Å²) >= 11 is 0. The molecule has 0 aliphatic heterocycles. The number of nitrogens with one attached hydrogen (secondary N) is 1. The Hall–Kier alpha value is -2.23. The molecule has 1 aromatic heterocycles. The number of nitrogen functional groups attached to an aromatic ring is 1. The van der Waals surface area contributed by atoms with E-state index in [-0.39, 0.29) is 0 Å². The number of hydrogen-bond donors (Lipinski definition) is 2. The average Bonchev–Trinajstić information content (AvgIpc) is 2.37. The molecule has 0 saturated carbocycles. The molecule has 0 atom stereocenters. The van der Waals surface area contributed by atoms with E-state index in [2.05, 4.69) is 10.3 Å². The van der Waals surface area contributed by atoms with Crippen LogP contribution in [-0.2, 0) is 0 Å². The van der Waals surface area contributed by atoms with Crippen LogP contribution in [0.25, 0.3) is 0 Å². The zero-order valence-corrected chi connectivity index (χ0v) is 11.5. The molecule has 2 rings (SSSR count). The number of anilines is 3. The molecule has 0 radical (unpaired) electrons. The van der Waals surface area contributed by atoms with E-state index in [0.717, 1.165) is 28.5 Å². The lowest BCUT2D eigenvalue weighted by Crippen LogP contribution is -1.99. The van der Waals surface area contributed by atoms with Crippen LogP contribution in [0.4, 0.5) is 17.2 Å². The number of aromatic nitrogens is 1. The number of nitrogens with zero attached hydrogens (tertiary/aromatic N) is 1. The van der Waals surface area contributed by atoms with Gasteiger partial charge in [0.05, 0.1) is 18.0 Å². The summed E-state index contributed by atoms with van der Waals surface area (Å²) in [5, 5.41) is 3.26. The van der Waals surface area contributed by atoms with Crippen LogP contribution < -0.4 is 15.8 Å². The van der Waals surface area contributed by atoms with Crippen molar-refractivity contribution in [3.8, 4) is 5.75 Å². The third-order valence-corrected chi connectivity index (χ3v) is 2.87. The molecule has 0 aliphatic rings. The zero-order valence-electron chi connectivity index (χ0n) is 11.5. The summed E-state index contributed by atoms with van der Waals surface area (Å²) in [6, 6.07) is 9.70. The van der Waals surface area contributed by atoms with Gasteiger partial charge in [0.2, 0.25) is 0 Å². The van der Waals surface area contributed by atoms with Crippen molar-refractivity contribution in [2.45, 2.75) is 20.8 Å². The molecule has 0 amide bonds. The van der Waals surface area contributed by atoms with E-state index in [0.29, 0.717) is 12.3 Å². The molecule has 0 saturated heterocycles. The first-order valence-electron chi connectivity index (χ1n) is 6.33. The fraction of sp³-hybridized carbons (Fsp3) is 0.267. The molecule has 0 bridgehead atoms. The number of ether oxygens (including phenoxy) is 1. The highest BCUT2D eigenvalue weighted by molar-refractivity contribution is 5.61. The van der Waals surface area contributed by atoms with Gasteiger partial charge in [-0.15, -0.1) is 0 Å². The number of aryl methyl sites for hydroxylation is 2. The second-order valence-corrected chi connectivity index (χ2v) is 4.41. The topological polar surface area (TPSA) is 60.2 Å². The highest BCUT2D eigenvalue weighted by atomic mass is 16.5. The molecule has 0 unspecified atom stereocenters. The van der Waals surface area contributed by atoms with Crippen molar-refractivity contribution in [2.75, 3.05) is 17.7 Å². The Bertz CT molecular complexity index is 582. The van der Waals surface area contributed by atoms with Gasteiger partial charge in [0.15, 0.2) is 0 Å². The predicted octanol–water partition coefficient (Wildman–Crippen LogP) is 3.42. The van der Waals surface area contributed by atoms with E-state index in [1.807, 2.05) is 51.1 Å². The Morgan fingerprint density at radius 2 is 2.00 bits per heavy atom. The molecule has 0 aliphatic carbocycles. The molecule has 2 aromatic rings. The molecule has 100 valence electrons. The standard InChI is InChI=1S/C15H19N3O/c1-4-19-14-7-5-12(9-10(14)2)18-15-8-6-13(16)11(3)17-15/h5-9H,4,16H2,1-3H3,(H,17,18). The van der Waals surface area contributed by atoms with Crippen molar-refractivity contribution in [3.05, 3.63) is 41.6 Å². The molecule has 0 spiro atoms. The van der Waals surface area contributed by atoms with Gasteiger partial charge in [-0.05, 0) is 56.7 Å². The molecule has 0 fully saturated rings. The van der Waals surface area contributed by atoms with Crippen molar-refractivity contribution in [2.24, 2.45) is 0 Å². The maximum absolute atomic E-state index is 5.75. The maximum atomic E-state index is 5.75. The van der Waals surface area contributed by atoms with Gasteiger partial charge in [0.1, 0.15) is 11.6 Å². The molecular formula is C15H19N3O. The van der Waals surface area contributed by atoms with Crippen molar-refractivity contribution in [1.82, 2.24) is 4.98 Å². The lowest BCUT2D eigenvalue weighted by atomic mass is 10.2. The Morgan fingerprint density at radius 3 is 2.63 bits per heavy atom. The first kappa shape index (κ1) is 13.2. The fourth-order valence-electron chi connectivity index (χ4n) is 1.83. The van der Waals surface area contributed by atoms with Crippen LogP contribution in [-0.4, -0.2) is 11.6 Å². The van der Waals surface area contributed by atoms with Gasteiger partial charge in [0.25, 0.3) is 0 Å². The monoisotopic (exact) mass is 257 g/mol. The highest BCUT2D eigenvalue weighted by Crippen LogP contribution is 2.24. The molecule has 4 heteroatoms. The van der Waals surface area contributed by atoms with Crippen LogP contribution in [0.3, 0.4) is 0 Å². The van der Waals surface area contributed by atoms with Crippen LogP contribution in [0.1, 0.15) is 18.2 Å². The van der Waals surface area contributed by atoms with Gasteiger partial charge < -0.3 is 15.8 Å². The average molecular weight is 257 g/mol. The van der Waals surface area contributed by atoms with E-state index in [9.17, 15) is 0 Å². The molecule has 4 nitrogen and oxygen atoms in total. The minimum absolute atomic E-state index is 0.673. The normalized spacial score (nSPS) is 10.3. The zero-order chi connectivity index (χ0) is 13.8. The van der Waals surface area contributed by atoms with Gasteiger partial charge in [0, 0.05) is 5.69 Å². The van der Waals surface area contributed by atoms with Gasteiger partial charge in [-0.3, -0.25) is 0 Å². The smallest absolute Gasteiger partial charge is 0.130 e. The number of benzene rings is 1. The van der Waals surface area contributed by atoms with Gasteiger partial charge >= 0.3 is 0 Å².